The lowest BCUT2D eigenvalue weighted by Gasteiger charge is -2.19. The second-order valence-corrected chi connectivity index (χ2v) is 8.09. The van der Waals surface area contributed by atoms with Crippen molar-refractivity contribution < 1.29 is 4.74 Å². The molecule has 2 aromatic carbocycles. The van der Waals surface area contributed by atoms with Crippen LogP contribution >= 0.6 is 0 Å². The molecule has 0 atom stereocenters. The van der Waals surface area contributed by atoms with Crippen LogP contribution in [-0.2, 0) is 4.74 Å². The number of methoxy groups -OCH3 is 1. The minimum absolute atomic E-state index is 0.704. The zero-order chi connectivity index (χ0) is 15.9. The molecule has 0 fully saturated rings. The van der Waals surface area contributed by atoms with Gasteiger partial charge in [0.25, 0.3) is 0 Å². The van der Waals surface area contributed by atoms with Crippen LogP contribution in [0.15, 0.2) is 61.2 Å². The van der Waals surface area contributed by atoms with Gasteiger partial charge in [-0.15, -0.1) is 0 Å². The van der Waals surface area contributed by atoms with Gasteiger partial charge in [-0.2, -0.15) is 0 Å². The van der Waals surface area contributed by atoms with E-state index in [9.17, 15) is 0 Å². The summed E-state index contributed by atoms with van der Waals surface area (Å²) in [5.74, 6) is 0. The zero-order valence-electron chi connectivity index (χ0n) is 13.7. The fourth-order valence-electron chi connectivity index (χ4n) is 2.49. The molecule has 2 nitrogen and oxygen atoms in total. The van der Waals surface area contributed by atoms with Gasteiger partial charge in [0, 0.05) is 13.3 Å². The van der Waals surface area contributed by atoms with E-state index in [0.717, 1.165) is 18.0 Å². The van der Waals surface area contributed by atoms with Crippen molar-refractivity contribution in [3.8, 4) is 0 Å². The summed E-state index contributed by atoms with van der Waals surface area (Å²) in [7, 11) is 5.31. The average Bonchev–Trinajstić information content (AvgIpc) is 2.54. The predicted octanol–water partition coefficient (Wildman–Crippen LogP) is 2.74. The van der Waals surface area contributed by atoms with Crippen molar-refractivity contribution in [1.82, 2.24) is 4.90 Å². The van der Waals surface area contributed by atoms with Crippen LogP contribution in [-0.4, -0.2) is 47.3 Å². The van der Waals surface area contributed by atoms with E-state index in [-0.39, 0.29) is 0 Å². The quantitative estimate of drug-likeness (QED) is 0.729. The van der Waals surface area contributed by atoms with Gasteiger partial charge in [0.15, 0.2) is 0 Å². The smallest absolute Gasteiger partial charge is 0.132 e. The summed E-state index contributed by atoms with van der Waals surface area (Å²) in [5, 5.41) is 1.41. The monoisotopic (exact) mass is 310 g/mol. The van der Waals surface area contributed by atoms with Crippen molar-refractivity contribution in [2.45, 2.75) is 0 Å². The summed E-state index contributed by atoms with van der Waals surface area (Å²) in [6.07, 6.45) is 1.92. The van der Waals surface area contributed by atoms with Gasteiger partial charge in [-0.3, -0.25) is 0 Å². The molecule has 0 saturated carbocycles. The first kappa shape index (κ1) is 16.7. The van der Waals surface area contributed by atoms with Crippen LogP contribution in [0.1, 0.15) is 11.1 Å². The number of benzene rings is 2. The van der Waals surface area contributed by atoms with Gasteiger partial charge in [0.1, 0.15) is 8.80 Å². The first-order valence-electron chi connectivity index (χ1n) is 7.45. The molecular formula is C19H24NOSi. The van der Waals surface area contributed by atoms with E-state index in [2.05, 4.69) is 62.0 Å². The Kier molecular flexibility index (Phi) is 6.13. The Bertz CT molecular complexity index is 593. The summed E-state index contributed by atoms with van der Waals surface area (Å²) in [5.41, 5.74) is 3.42. The lowest BCUT2D eigenvalue weighted by atomic mass is 10.00. The van der Waals surface area contributed by atoms with Gasteiger partial charge in [0.2, 0.25) is 0 Å². The Hall–Kier alpha value is -1.68. The zero-order valence-corrected chi connectivity index (χ0v) is 14.7. The van der Waals surface area contributed by atoms with Crippen LogP contribution in [0.5, 0.6) is 0 Å². The largest absolute Gasteiger partial charge is 0.388 e. The predicted molar refractivity (Wildman–Crippen MR) is 96.8 cm³/mol. The van der Waals surface area contributed by atoms with Crippen molar-refractivity contribution >= 4 is 19.6 Å². The minimum atomic E-state index is -0.704. The maximum absolute atomic E-state index is 5.41. The second-order valence-electron chi connectivity index (χ2n) is 5.70. The van der Waals surface area contributed by atoms with Gasteiger partial charge >= 0.3 is 0 Å². The third kappa shape index (κ3) is 4.40. The Morgan fingerprint density at radius 3 is 2.14 bits per heavy atom. The minimum Gasteiger partial charge on any atom is -0.388 e. The molecule has 0 unspecified atom stereocenters. The molecule has 2 aromatic rings. The molecule has 0 aromatic heterocycles. The molecule has 0 spiro atoms. The van der Waals surface area contributed by atoms with Crippen LogP contribution in [0.25, 0.3) is 5.57 Å². The van der Waals surface area contributed by atoms with Crippen molar-refractivity contribution in [2.75, 3.05) is 33.6 Å². The van der Waals surface area contributed by atoms with Crippen LogP contribution in [0.3, 0.4) is 0 Å². The summed E-state index contributed by atoms with van der Waals surface area (Å²) < 4.78 is 5.41. The van der Waals surface area contributed by atoms with E-state index in [1.54, 1.807) is 7.11 Å². The summed E-state index contributed by atoms with van der Waals surface area (Å²) in [6.45, 7) is 4.23. The molecule has 3 heteroatoms. The van der Waals surface area contributed by atoms with Crippen LogP contribution in [0, 0.1) is 0 Å². The molecule has 0 aliphatic rings. The third-order valence-electron chi connectivity index (χ3n) is 3.59. The van der Waals surface area contributed by atoms with Gasteiger partial charge < -0.3 is 9.64 Å². The van der Waals surface area contributed by atoms with E-state index in [1.165, 1.54) is 16.3 Å². The molecule has 0 saturated heterocycles. The highest BCUT2D eigenvalue weighted by Gasteiger charge is 2.15. The van der Waals surface area contributed by atoms with E-state index in [4.69, 9.17) is 4.74 Å². The molecule has 0 aliphatic carbocycles. The van der Waals surface area contributed by atoms with E-state index >= 15 is 0 Å². The van der Waals surface area contributed by atoms with Gasteiger partial charge in [-0.05, 0) is 37.0 Å². The lowest BCUT2D eigenvalue weighted by Crippen LogP contribution is -2.44. The topological polar surface area (TPSA) is 12.5 Å². The molecule has 0 amide bonds. The lowest BCUT2D eigenvalue weighted by molar-refractivity contribution is 0.247. The maximum Gasteiger partial charge on any atom is 0.132 e. The molecular weight excluding hydrogens is 286 g/mol. The summed E-state index contributed by atoms with van der Waals surface area (Å²) in [4.78, 5) is 2.24. The first-order valence-corrected chi connectivity index (χ1v) is 9.36. The standard InChI is InChI=1S/C19H24NOSi/c1-16(17-8-6-5-7-9-17)18-10-12-19(13-11-18)22(15-21-4)14-20(2)3/h5-13H,1,14-15H2,2-4H3. The molecule has 0 bridgehead atoms. The van der Waals surface area contributed by atoms with Gasteiger partial charge in [0.05, 0.1) is 0 Å². The number of rotatable bonds is 7. The van der Waals surface area contributed by atoms with Crippen molar-refractivity contribution in [2.24, 2.45) is 0 Å². The molecule has 0 aliphatic heterocycles. The molecule has 1 radical (unpaired) electrons. The Morgan fingerprint density at radius 1 is 1.00 bits per heavy atom. The number of nitrogens with zero attached hydrogens (tertiary/aromatic N) is 1. The fourth-order valence-corrected chi connectivity index (χ4v) is 4.68. The van der Waals surface area contributed by atoms with Crippen molar-refractivity contribution in [1.29, 1.82) is 0 Å². The van der Waals surface area contributed by atoms with Gasteiger partial charge in [-0.1, -0.05) is 66.4 Å². The molecule has 0 N–H and O–H groups in total. The summed E-state index contributed by atoms with van der Waals surface area (Å²) in [6, 6.07) is 19.2. The molecule has 0 heterocycles. The number of hydrogen-bond donors (Lipinski definition) is 0. The summed E-state index contributed by atoms with van der Waals surface area (Å²) >= 11 is 0. The third-order valence-corrected chi connectivity index (χ3v) is 6.39. The van der Waals surface area contributed by atoms with E-state index < -0.39 is 8.80 Å². The van der Waals surface area contributed by atoms with Crippen LogP contribution in [0.4, 0.5) is 0 Å². The number of ether oxygens (including phenoxy) is 1. The van der Waals surface area contributed by atoms with Crippen LogP contribution < -0.4 is 5.19 Å². The highest BCUT2D eigenvalue weighted by molar-refractivity contribution is 6.73. The molecule has 2 rings (SSSR count). The normalized spacial score (nSPS) is 11.1. The average molecular weight is 310 g/mol. The van der Waals surface area contributed by atoms with Crippen molar-refractivity contribution in [3.63, 3.8) is 0 Å². The highest BCUT2D eigenvalue weighted by Crippen LogP contribution is 2.20. The molecule has 115 valence electrons. The maximum atomic E-state index is 5.41. The highest BCUT2D eigenvalue weighted by atomic mass is 28.3. The Balaban J connectivity index is 2.17. The van der Waals surface area contributed by atoms with E-state index in [0.29, 0.717) is 0 Å². The van der Waals surface area contributed by atoms with E-state index in [1.807, 2.05) is 18.2 Å². The Labute approximate surface area is 135 Å². The molecule has 22 heavy (non-hydrogen) atoms. The Morgan fingerprint density at radius 2 is 1.59 bits per heavy atom. The number of hydrogen-bond acceptors (Lipinski definition) is 2. The second kappa shape index (κ2) is 8.08. The first-order chi connectivity index (χ1) is 10.6. The van der Waals surface area contributed by atoms with Crippen LogP contribution in [0.2, 0.25) is 0 Å². The van der Waals surface area contributed by atoms with Gasteiger partial charge in [-0.25, -0.2) is 0 Å². The fraction of sp³-hybridized carbons (Fsp3) is 0.263. The SMILES string of the molecule is C=C(c1ccccc1)c1ccc([Si](COC)CN(C)C)cc1. The van der Waals surface area contributed by atoms with Crippen molar-refractivity contribution in [3.05, 3.63) is 72.3 Å².